The second-order valence-corrected chi connectivity index (χ2v) is 10.3. The minimum atomic E-state index is -0.900. The van der Waals surface area contributed by atoms with Crippen LogP contribution in [0.15, 0.2) is 34.2 Å². The van der Waals surface area contributed by atoms with Gasteiger partial charge in [-0.15, -0.1) is 11.3 Å². The maximum atomic E-state index is 13.6. The van der Waals surface area contributed by atoms with E-state index in [9.17, 15) is 14.4 Å². The van der Waals surface area contributed by atoms with E-state index in [0.717, 1.165) is 28.0 Å². The number of carbonyl (C=O) groups is 2. The molecule has 0 saturated heterocycles. The van der Waals surface area contributed by atoms with Gasteiger partial charge in [0.1, 0.15) is 4.83 Å². The van der Waals surface area contributed by atoms with Crippen molar-refractivity contribution in [1.82, 2.24) is 14.9 Å². The molecule has 0 spiro atoms. The Morgan fingerprint density at radius 1 is 1.22 bits per heavy atom. The number of primary amides is 1. The zero-order valence-corrected chi connectivity index (χ0v) is 20.5. The van der Waals surface area contributed by atoms with E-state index in [0.29, 0.717) is 21.9 Å². The highest BCUT2D eigenvalue weighted by molar-refractivity contribution is 8.00. The molecule has 3 aromatic rings. The number of imide groups is 1. The molecule has 7 nitrogen and oxygen atoms in total. The zero-order valence-electron chi connectivity index (χ0n) is 18.9. The third-order valence-corrected chi connectivity index (χ3v) is 8.10. The van der Waals surface area contributed by atoms with Crippen LogP contribution in [0.1, 0.15) is 42.3 Å². The number of aryl methyl sites for hydroxylation is 3. The monoisotopic (exact) mass is 472 g/mol. The standard InChI is InChI=1S/C23H28N4O3S2/c1-6-16-14(5)17-20(31-16)26-23(32-18(12(2)3)19(28)25-22(24)30)27(21(17)29)11-15-9-7-13(4)8-10-15/h7-10,12,18H,6,11H2,1-5H3,(H3,24,25,28,30). The number of benzene rings is 1. The average molecular weight is 473 g/mol. The minimum Gasteiger partial charge on any atom is -0.351 e. The molecule has 0 aliphatic heterocycles. The van der Waals surface area contributed by atoms with Crippen molar-refractivity contribution >= 4 is 45.3 Å². The fourth-order valence-electron chi connectivity index (χ4n) is 3.49. The van der Waals surface area contributed by atoms with Crippen LogP contribution in [0, 0.1) is 19.8 Å². The first-order valence-corrected chi connectivity index (χ1v) is 12.2. The molecule has 0 bridgehead atoms. The van der Waals surface area contributed by atoms with Gasteiger partial charge in [-0.3, -0.25) is 19.5 Å². The van der Waals surface area contributed by atoms with Gasteiger partial charge in [0.05, 0.1) is 17.2 Å². The number of rotatable bonds is 7. The van der Waals surface area contributed by atoms with Gasteiger partial charge in [0.25, 0.3) is 5.56 Å². The first kappa shape index (κ1) is 24.0. The summed E-state index contributed by atoms with van der Waals surface area (Å²) in [5, 5.41) is 2.60. The number of urea groups is 1. The van der Waals surface area contributed by atoms with Gasteiger partial charge in [-0.05, 0) is 37.3 Å². The molecule has 0 aliphatic rings. The average Bonchev–Trinajstić information content (AvgIpc) is 3.04. The number of hydrogen-bond donors (Lipinski definition) is 2. The second kappa shape index (κ2) is 9.87. The van der Waals surface area contributed by atoms with E-state index in [1.54, 1.807) is 4.57 Å². The lowest BCUT2D eigenvalue weighted by atomic mass is 10.1. The van der Waals surface area contributed by atoms with E-state index in [1.165, 1.54) is 23.1 Å². The van der Waals surface area contributed by atoms with E-state index in [2.05, 4.69) is 12.2 Å². The maximum absolute atomic E-state index is 13.6. The summed E-state index contributed by atoms with van der Waals surface area (Å²) >= 11 is 2.70. The molecule has 0 radical (unpaired) electrons. The summed E-state index contributed by atoms with van der Waals surface area (Å²) in [6.45, 7) is 10.1. The van der Waals surface area contributed by atoms with E-state index in [4.69, 9.17) is 10.7 Å². The van der Waals surface area contributed by atoms with E-state index >= 15 is 0 Å². The Kier molecular flexibility index (Phi) is 7.40. The lowest BCUT2D eigenvalue weighted by Crippen LogP contribution is -2.42. The van der Waals surface area contributed by atoms with Crippen LogP contribution in [0.5, 0.6) is 0 Å². The van der Waals surface area contributed by atoms with Crippen molar-refractivity contribution in [2.75, 3.05) is 0 Å². The van der Waals surface area contributed by atoms with Crippen molar-refractivity contribution in [1.29, 1.82) is 0 Å². The van der Waals surface area contributed by atoms with Gasteiger partial charge in [0.2, 0.25) is 5.91 Å². The van der Waals surface area contributed by atoms with Crippen LogP contribution in [0.4, 0.5) is 4.79 Å². The fraction of sp³-hybridized carbons (Fsp3) is 0.391. The number of nitrogens with two attached hydrogens (primary N) is 1. The van der Waals surface area contributed by atoms with Gasteiger partial charge < -0.3 is 5.73 Å². The van der Waals surface area contributed by atoms with Crippen LogP contribution < -0.4 is 16.6 Å². The van der Waals surface area contributed by atoms with Gasteiger partial charge in [0.15, 0.2) is 5.16 Å². The van der Waals surface area contributed by atoms with Crippen molar-refractivity contribution < 1.29 is 9.59 Å². The van der Waals surface area contributed by atoms with Crippen LogP contribution in [0.3, 0.4) is 0 Å². The molecule has 3 amide bonds. The first-order chi connectivity index (χ1) is 15.1. The maximum Gasteiger partial charge on any atom is 0.318 e. The molecule has 2 aromatic heterocycles. The van der Waals surface area contributed by atoms with Gasteiger partial charge in [-0.25, -0.2) is 9.78 Å². The van der Waals surface area contributed by atoms with Crippen LogP contribution in [0.2, 0.25) is 0 Å². The Hall–Kier alpha value is -2.65. The number of fused-ring (bicyclic) bond motifs is 1. The molecular formula is C23H28N4O3S2. The molecule has 1 unspecified atom stereocenters. The number of amides is 3. The number of thiophene rings is 1. The highest BCUT2D eigenvalue weighted by Crippen LogP contribution is 2.32. The third-order valence-electron chi connectivity index (χ3n) is 5.24. The topological polar surface area (TPSA) is 107 Å². The summed E-state index contributed by atoms with van der Waals surface area (Å²) in [5.74, 6) is -0.610. The molecule has 170 valence electrons. The van der Waals surface area contributed by atoms with Gasteiger partial charge in [-0.2, -0.15) is 0 Å². The molecule has 9 heteroatoms. The van der Waals surface area contributed by atoms with Crippen molar-refractivity contribution in [3.63, 3.8) is 0 Å². The number of carbonyl (C=O) groups excluding carboxylic acids is 2. The number of thioether (sulfide) groups is 1. The first-order valence-electron chi connectivity index (χ1n) is 10.5. The van der Waals surface area contributed by atoms with Gasteiger partial charge in [0, 0.05) is 4.88 Å². The Morgan fingerprint density at radius 3 is 2.44 bits per heavy atom. The van der Waals surface area contributed by atoms with Crippen LogP contribution in [0.25, 0.3) is 10.2 Å². The lowest BCUT2D eigenvalue weighted by molar-refractivity contribution is -0.120. The molecule has 3 N–H and O–H groups in total. The predicted molar refractivity (Wildman–Crippen MR) is 130 cm³/mol. The van der Waals surface area contributed by atoms with Crippen LogP contribution in [-0.2, 0) is 17.8 Å². The zero-order chi connectivity index (χ0) is 23.6. The van der Waals surface area contributed by atoms with Crippen LogP contribution >= 0.6 is 23.1 Å². The van der Waals surface area contributed by atoms with E-state index in [1.807, 2.05) is 52.0 Å². The van der Waals surface area contributed by atoms with Crippen molar-refractivity contribution in [3.8, 4) is 0 Å². The van der Waals surface area contributed by atoms with E-state index in [-0.39, 0.29) is 11.5 Å². The summed E-state index contributed by atoms with van der Waals surface area (Å²) in [6.07, 6.45) is 0.822. The number of aromatic nitrogens is 2. The van der Waals surface area contributed by atoms with Crippen molar-refractivity contribution in [3.05, 3.63) is 56.2 Å². The molecule has 32 heavy (non-hydrogen) atoms. The Morgan fingerprint density at radius 2 is 1.88 bits per heavy atom. The largest absolute Gasteiger partial charge is 0.351 e. The molecule has 2 heterocycles. The van der Waals surface area contributed by atoms with Crippen molar-refractivity contribution in [2.45, 2.75) is 58.0 Å². The molecule has 1 aromatic carbocycles. The summed E-state index contributed by atoms with van der Waals surface area (Å²) < 4.78 is 1.63. The number of nitrogens with one attached hydrogen (secondary N) is 1. The molecule has 0 aliphatic carbocycles. The molecule has 0 fully saturated rings. The fourth-order valence-corrected chi connectivity index (χ4v) is 5.73. The third kappa shape index (κ3) is 5.05. The van der Waals surface area contributed by atoms with Crippen molar-refractivity contribution in [2.24, 2.45) is 11.7 Å². The SMILES string of the molecule is CCc1sc2nc(SC(C(=O)NC(N)=O)C(C)C)n(Cc3ccc(C)cc3)c(=O)c2c1C. The van der Waals surface area contributed by atoms with E-state index < -0.39 is 17.2 Å². The van der Waals surface area contributed by atoms with Gasteiger partial charge >= 0.3 is 6.03 Å². The lowest BCUT2D eigenvalue weighted by Gasteiger charge is -2.20. The normalized spacial score (nSPS) is 12.3. The predicted octanol–water partition coefficient (Wildman–Crippen LogP) is 4.00. The molecule has 0 saturated carbocycles. The smallest absolute Gasteiger partial charge is 0.318 e. The Bertz CT molecular complexity index is 1210. The highest BCUT2D eigenvalue weighted by Gasteiger charge is 2.28. The summed E-state index contributed by atoms with van der Waals surface area (Å²) in [4.78, 5) is 44.1. The summed E-state index contributed by atoms with van der Waals surface area (Å²) in [6, 6.07) is 7.07. The minimum absolute atomic E-state index is 0.115. The summed E-state index contributed by atoms with van der Waals surface area (Å²) in [7, 11) is 0. The van der Waals surface area contributed by atoms with Gasteiger partial charge in [-0.1, -0.05) is 62.4 Å². The number of hydrogen-bond acceptors (Lipinski definition) is 6. The quantitative estimate of drug-likeness (QED) is 0.399. The molecular weight excluding hydrogens is 444 g/mol. The molecule has 1 atom stereocenters. The summed E-state index contributed by atoms with van der Waals surface area (Å²) in [5.41, 5.74) is 8.09. The Balaban J connectivity index is 2.15. The van der Waals surface area contributed by atoms with Crippen LogP contribution in [-0.4, -0.2) is 26.7 Å². The molecule has 3 rings (SSSR count). The number of nitrogens with zero attached hydrogens (tertiary/aromatic N) is 2. The highest BCUT2D eigenvalue weighted by atomic mass is 32.2. The second-order valence-electron chi connectivity index (χ2n) is 8.09. The Labute approximate surface area is 195 Å².